The van der Waals surface area contributed by atoms with Crippen molar-refractivity contribution in [2.75, 3.05) is 0 Å². The zero-order chi connectivity index (χ0) is 22.2. The van der Waals surface area contributed by atoms with Crippen molar-refractivity contribution in [3.8, 4) is 22.5 Å². The second kappa shape index (κ2) is 8.05. The molecule has 32 heavy (non-hydrogen) atoms. The molecule has 6 nitrogen and oxygen atoms in total. The number of aryl methyl sites for hydroxylation is 2. The van der Waals surface area contributed by atoms with Crippen LogP contribution in [0.5, 0.6) is 0 Å². The molecule has 5 rings (SSSR count). The van der Waals surface area contributed by atoms with E-state index >= 15 is 0 Å². The minimum absolute atomic E-state index is 0.181. The number of amides is 1. The third-order valence-corrected chi connectivity index (χ3v) is 6.54. The number of aromatic nitrogens is 4. The number of benzene rings is 2. The van der Waals surface area contributed by atoms with Gasteiger partial charge in [-0.15, -0.1) is 0 Å². The second-order valence-electron chi connectivity index (χ2n) is 7.48. The van der Waals surface area contributed by atoms with Gasteiger partial charge in [-0.25, -0.2) is 9.37 Å². The van der Waals surface area contributed by atoms with Gasteiger partial charge in [0, 0.05) is 34.9 Å². The predicted octanol–water partition coefficient (Wildman–Crippen LogP) is 4.84. The van der Waals surface area contributed by atoms with Crippen molar-refractivity contribution < 1.29 is 9.18 Å². The van der Waals surface area contributed by atoms with Gasteiger partial charge < -0.3 is 5.32 Å². The molecule has 0 unspecified atom stereocenters. The van der Waals surface area contributed by atoms with E-state index in [0.29, 0.717) is 12.2 Å². The lowest BCUT2D eigenvalue weighted by molar-refractivity contribution is 0.0942. The van der Waals surface area contributed by atoms with Gasteiger partial charge in [0.2, 0.25) is 0 Å². The van der Waals surface area contributed by atoms with Crippen molar-refractivity contribution in [3.63, 3.8) is 0 Å². The molecular weight excluding hydrogens is 425 g/mol. The molecule has 0 fully saturated rings. The highest BCUT2D eigenvalue weighted by Crippen LogP contribution is 2.27. The van der Waals surface area contributed by atoms with Gasteiger partial charge in [-0.3, -0.25) is 13.9 Å². The first kappa shape index (κ1) is 20.1. The van der Waals surface area contributed by atoms with E-state index in [1.54, 1.807) is 29.9 Å². The molecule has 0 saturated heterocycles. The van der Waals surface area contributed by atoms with Crippen LogP contribution in [0.4, 0.5) is 4.39 Å². The standard InChI is InChI=1S/C24H20FN5OS/c1-15-22(32-24-27-20(14-30(15)24)17-8-10-18(25)11-9-17)13-26-23(31)21-12-19(28-29(21)2)16-6-4-3-5-7-16/h3-12,14H,13H2,1-2H3,(H,26,31). The minimum Gasteiger partial charge on any atom is -0.346 e. The largest absolute Gasteiger partial charge is 0.346 e. The summed E-state index contributed by atoms with van der Waals surface area (Å²) in [4.78, 5) is 19.3. The van der Waals surface area contributed by atoms with E-state index < -0.39 is 0 Å². The molecule has 2 aromatic carbocycles. The van der Waals surface area contributed by atoms with Gasteiger partial charge in [-0.05, 0) is 37.3 Å². The lowest BCUT2D eigenvalue weighted by Crippen LogP contribution is -2.25. The van der Waals surface area contributed by atoms with Crippen LogP contribution in [0, 0.1) is 12.7 Å². The number of carbonyl (C=O) groups excluding carboxylic acids is 1. The first-order chi connectivity index (χ1) is 15.5. The molecule has 0 aliphatic carbocycles. The molecule has 8 heteroatoms. The van der Waals surface area contributed by atoms with E-state index in [0.717, 1.165) is 38.0 Å². The van der Waals surface area contributed by atoms with Crippen LogP contribution in [0.15, 0.2) is 66.9 Å². The summed E-state index contributed by atoms with van der Waals surface area (Å²) < 4.78 is 16.8. The van der Waals surface area contributed by atoms with Crippen LogP contribution in [0.3, 0.4) is 0 Å². The number of halogens is 1. The first-order valence-corrected chi connectivity index (χ1v) is 10.9. The second-order valence-corrected chi connectivity index (χ2v) is 8.55. The molecule has 0 aliphatic heterocycles. The van der Waals surface area contributed by atoms with E-state index in [9.17, 15) is 9.18 Å². The molecule has 0 saturated carbocycles. The van der Waals surface area contributed by atoms with Gasteiger partial charge in [0.05, 0.1) is 17.9 Å². The smallest absolute Gasteiger partial charge is 0.269 e. The number of hydrogen-bond donors (Lipinski definition) is 1. The SMILES string of the molecule is Cc1c(CNC(=O)c2cc(-c3ccccc3)nn2C)sc2nc(-c3ccc(F)cc3)cn12. The van der Waals surface area contributed by atoms with Crippen molar-refractivity contribution in [1.29, 1.82) is 0 Å². The average molecular weight is 446 g/mol. The Kier molecular flexibility index (Phi) is 5.07. The number of nitrogens with zero attached hydrogens (tertiary/aromatic N) is 4. The van der Waals surface area contributed by atoms with E-state index in [1.807, 2.05) is 47.9 Å². The molecule has 1 N–H and O–H groups in total. The zero-order valence-electron chi connectivity index (χ0n) is 17.5. The average Bonchev–Trinajstić information content (AvgIpc) is 3.48. The lowest BCUT2D eigenvalue weighted by Gasteiger charge is -2.04. The summed E-state index contributed by atoms with van der Waals surface area (Å²) in [5.41, 5.74) is 4.90. The molecule has 0 atom stereocenters. The van der Waals surface area contributed by atoms with E-state index in [2.05, 4.69) is 15.4 Å². The summed E-state index contributed by atoms with van der Waals surface area (Å²) in [6.45, 7) is 2.40. The van der Waals surface area contributed by atoms with Crippen LogP contribution in [-0.2, 0) is 13.6 Å². The molecule has 1 amide bonds. The number of fused-ring (bicyclic) bond motifs is 1. The minimum atomic E-state index is -0.270. The van der Waals surface area contributed by atoms with Crippen LogP contribution in [-0.4, -0.2) is 25.1 Å². The Hall–Kier alpha value is -3.78. The van der Waals surface area contributed by atoms with Crippen molar-refractivity contribution in [2.24, 2.45) is 7.05 Å². The van der Waals surface area contributed by atoms with E-state index in [4.69, 9.17) is 0 Å². The summed E-state index contributed by atoms with van der Waals surface area (Å²) in [6, 6.07) is 17.9. The Labute approximate surface area is 188 Å². The van der Waals surface area contributed by atoms with Crippen molar-refractivity contribution in [3.05, 3.63) is 88.9 Å². The van der Waals surface area contributed by atoms with Crippen molar-refractivity contribution >= 4 is 22.2 Å². The van der Waals surface area contributed by atoms with Gasteiger partial charge in [0.25, 0.3) is 5.91 Å². The number of imidazole rings is 1. The van der Waals surface area contributed by atoms with E-state index in [-0.39, 0.29) is 11.7 Å². The Morgan fingerprint density at radius 3 is 2.50 bits per heavy atom. The van der Waals surface area contributed by atoms with Gasteiger partial charge in [-0.2, -0.15) is 5.10 Å². The summed E-state index contributed by atoms with van der Waals surface area (Å²) in [6.07, 6.45) is 1.94. The molecule has 0 radical (unpaired) electrons. The first-order valence-electron chi connectivity index (χ1n) is 10.1. The van der Waals surface area contributed by atoms with Crippen LogP contribution in [0.25, 0.3) is 27.5 Å². The lowest BCUT2D eigenvalue weighted by atomic mass is 10.1. The summed E-state index contributed by atoms with van der Waals surface area (Å²) in [5.74, 6) is -0.451. The van der Waals surface area contributed by atoms with Crippen LogP contribution >= 0.6 is 11.3 Å². The molecular formula is C24H20FN5OS. The van der Waals surface area contributed by atoms with E-state index in [1.165, 1.54) is 23.5 Å². The summed E-state index contributed by atoms with van der Waals surface area (Å²) in [7, 11) is 1.77. The number of hydrogen-bond acceptors (Lipinski definition) is 4. The maximum absolute atomic E-state index is 13.2. The van der Waals surface area contributed by atoms with Gasteiger partial charge in [0.15, 0.2) is 4.96 Å². The molecule has 160 valence electrons. The highest BCUT2D eigenvalue weighted by atomic mass is 32.1. The molecule has 3 aromatic heterocycles. The number of nitrogens with one attached hydrogen (secondary N) is 1. The Bertz CT molecular complexity index is 1420. The number of thiazole rings is 1. The fourth-order valence-corrected chi connectivity index (χ4v) is 4.64. The van der Waals surface area contributed by atoms with Crippen LogP contribution in [0.1, 0.15) is 21.1 Å². The molecule has 0 aliphatic rings. The maximum atomic E-state index is 13.2. The Balaban J connectivity index is 1.32. The Morgan fingerprint density at radius 2 is 1.78 bits per heavy atom. The van der Waals surface area contributed by atoms with Gasteiger partial charge in [0.1, 0.15) is 11.5 Å². The third-order valence-electron chi connectivity index (χ3n) is 5.38. The summed E-state index contributed by atoms with van der Waals surface area (Å²) in [5, 5.41) is 7.46. The number of carbonyl (C=O) groups is 1. The Morgan fingerprint density at radius 1 is 1.06 bits per heavy atom. The topological polar surface area (TPSA) is 64.2 Å². The third kappa shape index (κ3) is 3.69. The van der Waals surface area contributed by atoms with Gasteiger partial charge in [-0.1, -0.05) is 41.7 Å². The quantitative estimate of drug-likeness (QED) is 0.421. The fraction of sp³-hybridized carbons (Fsp3) is 0.125. The van der Waals surface area contributed by atoms with Crippen LogP contribution in [0.2, 0.25) is 0 Å². The molecule has 0 bridgehead atoms. The predicted molar refractivity (Wildman–Crippen MR) is 123 cm³/mol. The van der Waals surface area contributed by atoms with Crippen LogP contribution < -0.4 is 5.32 Å². The molecule has 5 aromatic rings. The zero-order valence-corrected chi connectivity index (χ0v) is 18.4. The number of rotatable bonds is 5. The van der Waals surface area contributed by atoms with Gasteiger partial charge >= 0.3 is 0 Å². The normalized spacial score (nSPS) is 11.2. The highest BCUT2D eigenvalue weighted by Gasteiger charge is 2.17. The monoisotopic (exact) mass is 445 g/mol. The molecule has 3 heterocycles. The van der Waals surface area contributed by atoms with Crippen molar-refractivity contribution in [1.82, 2.24) is 24.5 Å². The molecule has 0 spiro atoms. The maximum Gasteiger partial charge on any atom is 0.269 e. The fourth-order valence-electron chi connectivity index (χ4n) is 3.60. The summed E-state index contributed by atoms with van der Waals surface area (Å²) >= 11 is 1.53. The highest BCUT2D eigenvalue weighted by molar-refractivity contribution is 7.17. The van der Waals surface area contributed by atoms with Crippen molar-refractivity contribution in [2.45, 2.75) is 13.5 Å².